The van der Waals surface area contributed by atoms with Crippen molar-refractivity contribution in [2.75, 3.05) is 6.79 Å². The first-order valence-corrected chi connectivity index (χ1v) is 6.46. The molecule has 2 aromatic rings. The molecule has 1 N–H and O–H groups in total. The summed E-state index contributed by atoms with van der Waals surface area (Å²) in [5.41, 5.74) is 1.40. The third-order valence-corrected chi connectivity index (χ3v) is 3.19. The third kappa shape index (κ3) is 2.56. The summed E-state index contributed by atoms with van der Waals surface area (Å²) in [6.07, 6.45) is 1.33. The summed E-state index contributed by atoms with van der Waals surface area (Å²) in [6.45, 7) is 1.90. The summed E-state index contributed by atoms with van der Waals surface area (Å²) in [5.74, 6) is 0.771. The zero-order valence-electron chi connectivity index (χ0n) is 11.6. The zero-order chi connectivity index (χ0) is 15.7. The van der Waals surface area contributed by atoms with Gasteiger partial charge < -0.3 is 14.6 Å². The maximum atomic E-state index is 11.2. The number of fused-ring (bicyclic) bond motifs is 1. The standard InChI is InChI=1S/C15H12N2O5/c1-9-2-3-13(18)11(4-9)16-7-10-5-14-15(22-8-21-14)6-12(10)17(19)20/h2-7,18H,8H2,1H3. The molecule has 0 bridgehead atoms. The molecule has 0 fully saturated rings. The van der Waals surface area contributed by atoms with E-state index >= 15 is 0 Å². The Morgan fingerprint density at radius 1 is 1.27 bits per heavy atom. The van der Waals surface area contributed by atoms with Gasteiger partial charge in [0, 0.05) is 6.21 Å². The van der Waals surface area contributed by atoms with E-state index in [0.29, 0.717) is 17.2 Å². The lowest BCUT2D eigenvalue weighted by atomic mass is 10.1. The molecule has 0 unspecified atom stereocenters. The Morgan fingerprint density at radius 3 is 2.73 bits per heavy atom. The van der Waals surface area contributed by atoms with E-state index in [9.17, 15) is 15.2 Å². The first kappa shape index (κ1) is 13.9. The summed E-state index contributed by atoms with van der Waals surface area (Å²) < 4.78 is 10.3. The van der Waals surface area contributed by atoms with Crippen molar-refractivity contribution < 1.29 is 19.5 Å². The van der Waals surface area contributed by atoms with Gasteiger partial charge in [-0.05, 0) is 30.7 Å². The number of aliphatic imine (C=N–C) groups is 1. The molecule has 0 atom stereocenters. The van der Waals surface area contributed by atoms with Crippen molar-refractivity contribution in [3.63, 3.8) is 0 Å². The molecule has 0 aromatic heterocycles. The molecule has 1 aliphatic rings. The van der Waals surface area contributed by atoms with Crippen molar-refractivity contribution in [2.45, 2.75) is 6.92 Å². The Hall–Kier alpha value is -3.09. The predicted octanol–water partition coefficient (Wildman–Crippen LogP) is 3.09. The largest absolute Gasteiger partial charge is 0.506 e. The first-order valence-electron chi connectivity index (χ1n) is 6.46. The summed E-state index contributed by atoms with van der Waals surface area (Å²) in [7, 11) is 0. The predicted molar refractivity (Wildman–Crippen MR) is 79.3 cm³/mol. The van der Waals surface area contributed by atoms with Gasteiger partial charge in [-0.3, -0.25) is 15.1 Å². The van der Waals surface area contributed by atoms with E-state index in [2.05, 4.69) is 4.99 Å². The number of nitro groups is 1. The lowest BCUT2D eigenvalue weighted by molar-refractivity contribution is -0.385. The highest BCUT2D eigenvalue weighted by Gasteiger charge is 2.22. The molecule has 7 nitrogen and oxygen atoms in total. The lowest BCUT2D eigenvalue weighted by Crippen LogP contribution is -1.94. The van der Waals surface area contributed by atoms with Gasteiger partial charge in [-0.2, -0.15) is 0 Å². The molecule has 3 rings (SSSR count). The second-order valence-electron chi connectivity index (χ2n) is 4.77. The van der Waals surface area contributed by atoms with Gasteiger partial charge >= 0.3 is 0 Å². The van der Waals surface area contributed by atoms with Gasteiger partial charge in [0.1, 0.15) is 11.4 Å². The molecule has 2 aromatic carbocycles. The van der Waals surface area contributed by atoms with Crippen molar-refractivity contribution >= 4 is 17.6 Å². The Morgan fingerprint density at radius 2 is 2.00 bits per heavy atom. The second kappa shape index (κ2) is 5.36. The van der Waals surface area contributed by atoms with Gasteiger partial charge in [0.2, 0.25) is 6.79 Å². The lowest BCUT2D eigenvalue weighted by Gasteiger charge is -2.02. The summed E-state index contributed by atoms with van der Waals surface area (Å²) in [6, 6.07) is 7.76. The van der Waals surface area contributed by atoms with Crippen LogP contribution in [0.2, 0.25) is 0 Å². The van der Waals surface area contributed by atoms with Crippen molar-refractivity contribution in [3.05, 3.63) is 51.6 Å². The van der Waals surface area contributed by atoms with Gasteiger partial charge in [0.05, 0.1) is 16.6 Å². The number of hydrogen-bond acceptors (Lipinski definition) is 6. The number of aromatic hydroxyl groups is 1. The highest BCUT2D eigenvalue weighted by atomic mass is 16.7. The Kier molecular flexibility index (Phi) is 3.38. The van der Waals surface area contributed by atoms with Crippen LogP contribution in [0.4, 0.5) is 11.4 Å². The Bertz CT molecular complexity index is 786. The maximum absolute atomic E-state index is 11.2. The minimum absolute atomic E-state index is 0.00486. The highest BCUT2D eigenvalue weighted by molar-refractivity contribution is 5.89. The topological polar surface area (TPSA) is 94.2 Å². The van der Waals surface area contributed by atoms with Gasteiger partial charge in [0.15, 0.2) is 11.5 Å². The first-order chi connectivity index (χ1) is 10.5. The number of phenolic OH excluding ortho intramolecular Hbond substituents is 1. The molecule has 1 heterocycles. The maximum Gasteiger partial charge on any atom is 0.282 e. The van der Waals surface area contributed by atoms with Gasteiger partial charge in [-0.15, -0.1) is 0 Å². The average molecular weight is 300 g/mol. The van der Waals surface area contributed by atoms with E-state index in [0.717, 1.165) is 5.56 Å². The van der Waals surface area contributed by atoms with E-state index in [1.165, 1.54) is 24.4 Å². The number of aryl methyl sites for hydroxylation is 1. The van der Waals surface area contributed by atoms with Crippen molar-refractivity contribution in [3.8, 4) is 17.2 Å². The average Bonchev–Trinajstić information content (AvgIpc) is 2.94. The molecular formula is C15H12N2O5. The second-order valence-corrected chi connectivity index (χ2v) is 4.77. The van der Waals surface area contributed by atoms with Gasteiger partial charge in [-0.1, -0.05) is 6.07 Å². The van der Waals surface area contributed by atoms with Crippen LogP contribution < -0.4 is 9.47 Å². The van der Waals surface area contributed by atoms with Gasteiger partial charge in [0.25, 0.3) is 5.69 Å². The SMILES string of the molecule is Cc1ccc(O)c(N=Cc2cc3c(cc2[N+](=O)[O-])OCO3)c1. The summed E-state index contributed by atoms with van der Waals surface area (Å²) >= 11 is 0. The van der Waals surface area contributed by atoms with Crippen LogP contribution in [-0.2, 0) is 0 Å². The van der Waals surface area contributed by atoms with Crippen LogP contribution in [0, 0.1) is 17.0 Å². The molecule has 112 valence electrons. The van der Waals surface area contributed by atoms with Crippen LogP contribution in [0.5, 0.6) is 17.2 Å². The van der Waals surface area contributed by atoms with Crippen LogP contribution in [0.15, 0.2) is 35.3 Å². The normalized spacial score (nSPS) is 12.8. The fraction of sp³-hybridized carbons (Fsp3) is 0.133. The van der Waals surface area contributed by atoms with Crippen molar-refractivity contribution in [2.24, 2.45) is 4.99 Å². The molecule has 0 radical (unpaired) electrons. The van der Waals surface area contributed by atoms with E-state index in [1.807, 2.05) is 6.92 Å². The number of phenols is 1. The fourth-order valence-electron chi connectivity index (χ4n) is 2.08. The van der Waals surface area contributed by atoms with Gasteiger partial charge in [-0.25, -0.2) is 0 Å². The number of hydrogen-bond donors (Lipinski definition) is 1. The minimum Gasteiger partial charge on any atom is -0.506 e. The minimum atomic E-state index is -0.514. The highest BCUT2D eigenvalue weighted by Crippen LogP contribution is 2.37. The number of nitrogens with zero attached hydrogens (tertiary/aromatic N) is 2. The quantitative estimate of drug-likeness (QED) is 0.534. The Balaban J connectivity index is 2.02. The molecule has 7 heteroatoms. The number of ether oxygens (including phenoxy) is 2. The molecule has 22 heavy (non-hydrogen) atoms. The monoisotopic (exact) mass is 300 g/mol. The van der Waals surface area contributed by atoms with Crippen LogP contribution in [0.25, 0.3) is 0 Å². The molecule has 0 aliphatic carbocycles. The number of benzene rings is 2. The summed E-state index contributed by atoms with van der Waals surface area (Å²) in [5, 5.41) is 20.9. The van der Waals surface area contributed by atoms with Crippen LogP contribution in [0.1, 0.15) is 11.1 Å². The van der Waals surface area contributed by atoms with E-state index in [4.69, 9.17) is 9.47 Å². The Labute approximate surface area is 125 Å². The molecular weight excluding hydrogens is 288 g/mol. The van der Waals surface area contributed by atoms with E-state index in [1.54, 1.807) is 12.1 Å². The molecule has 0 saturated heterocycles. The number of nitro benzene ring substituents is 1. The van der Waals surface area contributed by atoms with Crippen molar-refractivity contribution in [1.29, 1.82) is 0 Å². The smallest absolute Gasteiger partial charge is 0.282 e. The molecule has 0 spiro atoms. The van der Waals surface area contributed by atoms with Crippen molar-refractivity contribution in [1.82, 2.24) is 0 Å². The van der Waals surface area contributed by atoms with E-state index in [-0.39, 0.29) is 23.8 Å². The molecule has 1 aliphatic heterocycles. The van der Waals surface area contributed by atoms with Crippen LogP contribution >= 0.6 is 0 Å². The van der Waals surface area contributed by atoms with Crippen LogP contribution in [0.3, 0.4) is 0 Å². The van der Waals surface area contributed by atoms with Crippen LogP contribution in [-0.4, -0.2) is 23.0 Å². The number of rotatable bonds is 3. The third-order valence-electron chi connectivity index (χ3n) is 3.19. The fourth-order valence-corrected chi connectivity index (χ4v) is 2.08. The van der Waals surface area contributed by atoms with E-state index < -0.39 is 4.92 Å². The molecule has 0 saturated carbocycles. The zero-order valence-corrected chi connectivity index (χ0v) is 11.6. The summed E-state index contributed by atoms with van der Waals surface area (Å²) in [4.78, 5) is 14.8. The molecule has 0 amide bonds.